The summed E-state index contributed by atoms with van der Waals surface area (Å²) in [5.41, 5.74) is 1.98. The lowest BCUT2D eigenvalue weighted by Crippen LogP contribution is -2.39. The summed E-state index contributed by atoms with van der Waals surface area (Å²) in [5, 5.41) is 0. The number of pyridine rings is 1. The maximum Gasteiger partial charge on any atom is 0.219 e. The normalized spacial score (nSPS) is 17.9. The summed E-state index contributed by atoms with van der Waals surface area (Å²) in [6.07, 6.45) is 9.88. The fraction of sp³-hybridized carbons (Fsp3) is 0.500. The van der Waals surface area contributed by atoms with Gasteiger partial charge in [-0.15, -0.1) is 0 Å². The second-order valence-corrected chi connectivity index (χ2v) is 6.94. The Kier molecular flexibility index (Phi) is 6.70. The van der Waals surface area contributed by atoms with Crippen LogP contribution in [0.1, 0.15) is 37.4 Å². The van der Waals surface area contributed by atoms with E-state index in [0.717, 1.165) is 55.9 Å². The molecule has 0 spiro atoms. The Hall–Kier alpha value is -2.54. The molecule has 1 aliphatic rings. The Labute approximate surface area is 160 Å². The van der Waals surface area contributed by atoms with Gasteiger partial charge in [0.1, 0.15) is 12.1 Å². The van der Waals surface area contributed by atoms with E-state index in [1.807, 2.05) is 17.0 Å². The Morgan fingerprint density at radius 2 is 2.11 bits per heavy atom. The van der Waals surface area contributed by atoms with Crippen LogP contribution >= 0.6 is 0 Å². The van der Waals surface area contributed by atoms with E-state index in [2.05, 4.69) is 19.9 Å². The van der Waals surface area contributed by atoms with Crippen LogP contribution in [0, 0.1) is 0 Å². The summed E-state index contributed by atoms with van der Waals surface area (Å²) >= 11 is 0. The van der Waals surface area contributed by atoms with Gasteiger partial charge in [-0.1, -0.05) is 0 Å². The summed E-state index contributed by atoms with van der Waals surface area (Å²) in [6, 6.07) is 4.09. The van der Waals surface area contributed by atoms with Gasteiger partial charge in [0.25, 0.3) is 0 Å². The molecule has 0 bridgehead atoms. The zero-order chi connectivity index (χ0) is 19.1. The van der Waals surface area contributed by atoms with Gasteiger partial charge in [-0.2, -0.15) is 0 Å². The van der Waals surface area contributed by atoms with E-state index in [0.29, 0.717) is 6.54 Å². The highest BCUT2D eigenvalue weighted by atomic mass is 16.5. The summed E-state index contributed by atoms with van der Waals surface area (Å²) in [6.45, 7) is 4.97. The number of carbonyl (C=O) groups is 1. The van der Waals surface area contributed by atoms with Gasteiger partial charge < -0.3 is 9.64 Å². The minimum atomic E-state index is 0.103. The first-order valence-corrected chi connectivity index (χ1v) is 9.38. The van der Waals surface area contributed by atoms with Gasteiger partial charge in [-0.25, -0.2) is 9.97 Å². The third kappa shape index (κ3) is 5.47. The number of methoxy groups -OCH3 is 1. The molecule has 7 heteroatoms. The lowest BCUT2D eigenvalue weighted by Gasteiger charge is -2.30. The summed E-state index contributed by atoms with van der Waals surface area (Å²) in [4.78, 5) is 29.2. The molecule has 1 unspecified atom stereocenters. The number of rotatable bonds is 6. The van der Waals surface area contributed by atoms with Gasteiger partial charge >= 0.3 is 0 Å². The highest BCUT2D eigenvalue weighted by molar-refractivity contribution is 5.73. The number of carbonyl (C=O) groups excluding carboxylic acids is 1. The maximum absolute atomic E-state index is 12.3. The van der Waals surface area contributed by atoms with E-state index in [9.17, 15) is 4.79 Å². The quantitative estimate of drug-likeness (QED) is 0.778. The van der Waals surface area contributed by atoms with Crippen molar-refractivity contribution >= 4 is 5.91 Å². The van der Waals surface area contributed by atoms with Crippen LogP contribution in [0.4, 0.5) is 0 Å². The van der Waals surface area contributed by atoms with Crippen molar-refractivity contribution in [2.75, 3.05) is 20.2 Å². The van der Waals surface area contributed by atoms with Gasteiger partial charge in [0.15, 0.2) is 0 Å². The van der Waals surface area contributed by atoms with Crippen molar-refractivity contribution in [3.63, 3.8) is 0 Å². The molecule has 144 valence electrons. The molecule has 1 fully saturated rings. The molecule has 1 saturated heterocycles. The molecule has 3 rings (SSSR count). The molecule has 2 aromatic heterocycles. The van der Waals surface area contributed by atoms with Crippen molar-refractivity contribution in [2.24, 2.45) is 0 Å². The first-order chi connectivity index (χ1) is 13.2. The zero-order valence-electron chi connectivity index (χ0n) is 16.0. The molecule has 3 heterocycles. The van der Waals surface area contributed by atoms with Crippen LogP contribution in [-0.2, 0) is 17.9 Å². The Morgan fingerprint density at radius 3 is 2.85 bits per heavy atom. The number of nitrogens with zero attached hydrogens (tertiary/aromatic N) is 5. The molecule has 1 aliphatic heterocycles. The van der Waals surface area contributed by atoms with Gasteiger partial charge in [-0.05, 0) is 31.9 Å². The summed E-state index contributed by atoms with van der Waals surface area (Å²) in [5.74, 6) is 0.937. The molecule has 1 amide bonds. The second kappa shape index (κ2) is 9.41. The van der Waals surface area contributed by atoms with Crippen LogP contribution in [-0.4, -0.2) is 56.9 Å². The molecule has 7 nitrogen and oxygen atoms in total. The molecule has 0 radical (unpaired) electrons. The Balaban J connectivity index is 1.61. The highest BCUT2D eigenvalue weighted by Gasteiger charge is 2.25. The van der Waals surface area contributed by atoms with Crippen LogP contribution in [0.2, 0.25) is 0 Å². The molecule has 1 atom stereocenters. The van der Waals surface area contributed by atoms with Gasteiger partial charge in [-0.3, -0.25) is 14.7 Å². The number of hydrogen-bond acceptors (Lipinski definition) is 6. The predicted octanol–water partition coefficient (Wildman–Crippen LogP) is 2.28. The highest BCUT2D eigenvalue weighted by Crippen LogP contribution is 2.21. The number of amides is 1. The van der Waals surface area contributed by atoms with Crippen LogP contribution in [0.5, 0.6) is 5.75 Å². The molecule has 0 aliphatic carbocycles. The summed E-state index contributed by atoms with van der Waals surface area (Å²) in [7, 11) is 1.67. The standard InChI is InChI=1S/C20H27N5O2/c1-16(26)25(13-17-11-21-15-22-12-17)19-4-3-8-24(9-6-19)14-18-10-20(27-2)5-7-23-18/h5,7,10-12,15,19H,3-4,6,8-9,13-14H2,1-2H3. The predicted molar refractivity (Wildman–Crippen MR) is 102 cm³/mol. The largest absolute Gasteiger partial charge is 0.497 e. The molecule has 0 N–H and O–H groups in total. The molecular weight excluding hydrogens is 342 g/mol. The Morgan fingerprint density at radius 1 is 1.30 bits per heavy atom. The van der Waals surface area contributed by atoms with Crippen molar-refractivity contribution in [1.29, 1.82) is 0 Å². The average molecular weight is 369 g/mol. The Bertz CT molecular complexity index is 740. The number of hydrogen-bond donors (Lipinski definition) is 0. The topological polar surface area (TPSA) is 71.5 Å². The van der Waals surface area contributed by atoms with Crippen molar-refractivity contribution in [1.82, 2.24) is 24.8 Å². The van der Waals surface area contributed by atoms with Gasteiger partial charge in [0, 0.05) is 62.8 Å². The van der Waals surface area contributed by atoms with E-state index < -0.39 is 0 Å². The fourth-order valence-corrected chi connectivity index (χ4v) is 3.61. The van der Waals surface area contributed by atoms with Crippen molar-refractivity contribution < 1.29 is 9.53 Å². The van der Waals surface area contributed by atoms with E-state index in [4.69, 9.17) is 4.74 Å². The van der Waals surface area contributed by atoms with E-state index >= 15 is 0 Å². The third-order valence-corrected chi connectivity index (χ3v) is 5.01. The van der Waals surface area contributed by atoms with Crippen molar-refractivity contribution in [2.45, 2.75) is 45.3 Å². The molecule has 2 aromatic rings. The van der Waals surface area contributed by atoms with Crippen molar-refractivity contribution in [3.8, 4) is 5.75 Å². The second-order valence-electron chi connectivity index (χ2n) is 6.94. The van der Waals surface area contributed by atoms with Crippen LogP contribution < -0.4 is 4.74 Å². The molecule has 27 heavy (non-hydrogen) atoms. The van der Waals surface area contributed by atoms with E-state index in [-0.39, 0.29) is 11.9 Å². The number of aromatic nitrogens is 3. The maximum atomic E-state index is 12.3. The molecular formula is C20H27N5O2. The monoisotopic (exact) mass is 369 g/mol. The van der Waals surface area contributed by atoms with E-state index in [1.165, 1.54) is 6.33 Å². The smallest absolute Gasteiger partial charge is 0.219 e. The van der Waals surface area contributed by atoms with Gasteiger partial charge in [0.05, 0.1) is 12.8 Å². The van der Waals surface area contributed by atoms with Crippen LogP contribution in [0.25, 0.3) is 0 Å². The van der Waals surface area contributed by atoms with Gasteiger partial charge in [0.2, 0.25) is 5.91 Å². The van der Waals surface area contributed by atoms with Crippen LogP contribution in [0.3, 0.4) is 0 Å². The first-order valence-electron chi connectivity index (χ1n) is 9.38. The minimum absolute atomic E-state index is 0.103. The number of likely N-dealkylation sites (tertiary alicyclic amines) is 1. The average Bonchev–Trinajstić information content (AvgIpc) is 2.92. The van der Waals surface area contributed by atoms with Crippen LogP contribution in [0.15, 0.2) is 37.1 Å². The molecule has 0 saturated carbocycles. The SMILES string of the molecule is COc1ccnc(CN2CCCC(N(Cc3cncnc3)C(C)=O)CC2)c1. The lowest BCUT2D eigenvalue weighted by atomic mass is 10.1. The fourth-order valence-electron chi connectivity index (χ4n) is 3.61. The molecule has 0 aromatic carbocycles. The summed E-state index contributed by atoms with van der Waals surface area (Å²) < 4.78 is 5.29. The third-order valence-electron chi connectivity index (χ3n) is 5.01. The van der Waals surface area contributed by atoms with Crippen molar-refractivity contribution in [3.05, 3.63) is 48.3 Å². The number of ether oxygens (including phenoxy) is 1. The minimum Gasteiger partial charge on any atom is -0.497 e. The van der Waals surface area contributed by atoms with E-state index in [1.54, 1.807) is 32.6 Å². The lowest BCUT2D eigenvalue weighted by molar-refractivity contribution is -0.132. The zero-order valence-corrected chi connectivity index (χ0v) is 16.0. The first kappa shape index (κ1) is 19.2.